The summed E-state index contributed by atoms with van der Waals surface area (Å²) in [7, 11) is 0. The van der Waals surface area contributed by atoms with Gasteiger partial charge in [0.1, 0.15) is 10.6 Å². The number of hydrogen-bond donors (Lipinski definition) is 1. The van der Waals surface area contributed by atoms with Crippen LogP contribution in [0.3, 0.4) is 0 Å². The first kappa shape index (κ1) is 16.5. The molecule has 0 atom stereocenters. The molecule has 0 saturated heterocycles. The Kier molecular flexibility index (Phi) is 6.24. The standard InChI is InChI=1S/C16H24ClN3S/c1-11(2)8-6-4-5-7-9-18-14-13-10-12(3)21-15(13)20-16(17)19-14/h10-11H,4-9H2,1-3H3,(H,18,19,20). The van der Waals surface area contributed by atoms with Gasteiger partial charge in [0.25, 0.3) is 0 Å². The lowest BCUT2D eigenvalue weighted by atomic mass is 10.0. The maximum atomic E-state index is 5.99. The van der Waals surface area contributed by atoms with Crippen LogP contribution in [0.1, 0.15) is 50.8 Å². The molecule has 0 fully saturated rings. The van der Waals surface area contributed by atoms with Gasteiger partial charge in [-0.1, -0.05) is 39.5 Å². The minimum Gasteiger partial charge on any atom is -0.369 e. The molecular formula is C16H24ClN3S. The van der Waals surface area contributed by atoms with Gasteiger partial charge in [-0.15, -0.1) is 11.3 Å². The minimum atomic E-state index is 0.323. The van der Waals surface area contributed by atoms with Crippen molar-refractivity contribution >= 4 is 39.0 Å². The topological polar surface area (TPSA) is 37.8 Å². The number of nitrogens with one attached hydrogen (secondary N) is 1. The maximum Gasteiger partial charge on any atom is 0.225 e. The number of unbranched alkanes of at least 4 members (excludes halogenated alkanes) is 3. The highest BCUT2D eigenvalue weighted by atomic mass is 35.5. The van der Waals surface area contributed by atoms with E-state index in [1.807, 2.05) is 0 Å². The highest BCUT2D eigenvalue weighted by molar-refractivity contribution is 7.18. The predicted octanol–water partition coefficient (Wildman–Crippen LogP) is 5.67. The Morgan fingerprint density at radius 3 is 2.71 bits per heavy atom. The molecule has 2 heterocycles. The second-order valence-electron chi connectivity index (χ2n) is 5.94. The zero-order valence-electron chi connectivity index (χ0n) is 13.1. The van der Waals surface area contributed by atoms with Gasteiger partial charge in [0.05, 0.1) is 5.39 Å². The number of nitrogens with zero attached hydrogens (tertiary/aromatic N) is 2. The van der Waals surface area contributed by atoms with E-state index < -0.39 is 0 Å². The van der Waals surface area contributed by atoms with Crippen LogP contribution >= 0.6 is 22.9 Å². The molecule has 0 aliphatic carbocycles. The lowest BCUT2D eigenvalue weighted by Gasteiger charge is -2.07. The minimum absolute atomic E-state index is 0.323. The molecule has 0 amide bonds. The van der Waals surface area contributed by atoms with E-state index in [0.717, 1.165) is 28.5 Å². The van der Waals surface area contributed by atoms with Crippen LogP contribution in [0.2, 0.25) is 5.28 Å². The number of hydrogen-bond acceptors (Lipinski definition) is 4. The quantitative estimate of drug-likeness (QED) is 0.501. The van der Waals surface area contributed by atoms with Crippen molar-refractivity contribution in [2.45, 2.75) is 52.9 Å². The number of halogens is 1. The molecule has 21 heavy (non-hydrogen) atoms. The third kappa shape index (κ3) is 5.11. The van der Waals surface area contributed by atoms with Crippen LogP contribution in [0.4, 0.5) is 5.82 Å². The van der Waals surface area contributed by atoms with Crippen LogP contribution in [0.15, 0.2) is 6.07 Å². The zero-order chi connectivity index (χ0) is 15.2. The van der Waals surface area contributed by atoms with E-state index in [1.165, 1.54) is 37.0 Å². The zero-order valence-corrected chi connectivity index (χ0v) is 14.7. The monoisotopic (exact) mass is 325 g/mol. The van der Waals surface area contributed by atoms with E-state index in [9.17, 15) is 0 Å². The fraction of sp³-hybridized carbons (Fsp3) is 0.625. The third-order valence-electron chi connectivity index (χ3n) is 3.49. The highest BCUT2D eigenvalue weighted by Gasteiger charge is 2.09. The molecule has 0 radical (unpaired) electrons. The van der Waals surface area contributed by atoms with E-state index in [1.54, 1.807) is 11.3 Å². The number of aromatic nitrogens is 2. The number of aryl methyl sites for hydroxylation is 1. The van der Waals surface area contributed by atoms with Crippen molar-refractivity contribution in [3.05, 3.63) is 16.2 Å². The molecule has 1 N–H and O–H groups in total. The molecule has 0 spiro atoms. The van der Waals surface area contributed by atoms with E-state index in [0.29, 0.717) is 5.28 Å². The van der Waals surface area contributed by atoms with Crippen LogP contribution < -0.4 is 5.32 Å². The first-order valence-corrected chi connectivity index (χ1v) is 8.93. The maximum absolute atomic E-state index is 5.99. The normalized spacial score (nSPS) is 11.5. The van der Waals surface area contributed by atoms with Crippen LogP contribution in [0.25, 0.3) is 10.2 Å². The Morgan fingerprint density at radius 2 is 1.95 bits per heavy atom. The van der Waals surface area contributed by atoms with Gasteiger partial charge in [-0.05, 0) is 36.9 Å². The lowest BCUT2D eigenvalue weighted by Crippen LogP contribution is -2.04. The lowest BCUT2D eigenvalue weighted by molar-refractivity contribution is 0.523. The average molecular weight is 326 g/mol. The average Bonchev–Trinajstić information content (AvgIpc) is 2.77. The van der Waals surface area contributed by atoms with Crippen LogP contribution in [-0.2, 0) is 0 Å². The third-order valence-corrected chi connectivity index (χ3v) is 4.60. The van der Waals surface area contributed by atoms with Gasteiger partial charge >= 0.3 is 0 Å². The van der Waals surface area contributed by atoms with Crippen LogP contribution in [-0.4, -0.2) is 16.5 Å². The van der Waals surface area contributed by atoms with Crippen molar-refractivity contribution < 1.29 is 0 Å². The molecule has 0 saturated carbocycles. The van der Waals surface area contributed by atoms with Crippen molar-refractivity contribution in [3.63, 3.8) is 0 Å². The van der Waals surface area contributed by atoms with Gasteiger partial charge < -0.3 is 5.32 Å². The smallest absolute Gasteiger partial charge is 0.225 e. The summed E-state index contributed by atoms with van der Waals surface area (Å²) < 4.78 is 0. The summed E-state index contributed by atoms with van der Waals surface area (Å²) >= 11 is 7.65. The molecule has 5 heteroatoms. The van der Waals surface area contributed by atoms with Crippen molar-refractivity contribution in [1.29, 1.82) is 0 Å². The second-order valence-corrected chi connectivity index (χ2v) is 7.51. The Balaban J connectivity index is 1.81. The van der Waals surface area contributed by atoms with Crippen molar-refractivity contribution in [2.75, 3.05) is 11.9 Å². The molecule has 0 aliphatic rings. The Labute approximate surface area is 136 Å². The first-order valence-electron chi connectivity index (χ1n) is 7.74. The molecule has 116 valence electrons. The van der Waals surface area contributed by atoms with E-state index in [4.69, 9.17) is 11.6 Å². The van der Waals surface area contributed by atoms with Gasteiger partial charge in [0, 0.05) is 11.4 Å². The van der Waals surface area contributed by atoms with Crippen molar-refractivity contribution in [3.8, 4) is 0 Å². The van der Waals surface area contributed by atoms with Crippen molar-refractivity contribution in [2.24, 2.45) is 5.92 Å². The Bertz CT molecular complexity index is 580. The van der Waals surface area contributed by atoms with Gasteiger partial charge in [0.2, 0.25) is 5.28 Å². The fourth-order valence-electron chi connectivity index (χ4n) is 2.39. The Hall–Kier alpha value is -0.870. The molecule has 3 nitrogen and oxygen atoms in total. The summed E-state index contributed by atoms with van der Waals surface area (Å²) in [6.07, 6.45) is 6.43. The van der Waals surface area contributed by atoms with E-state index in [-0.39, 0.29) is 0 Å². The van der Waals surface area contributed by atoms with E-state index >= 15 is 0 Å². The fourth-order valence-corrected chi connectivity index (χ4v) is 3.49. The molecule has 2 aromatic rings. The number of thiophene rings is 1. The van der Waals surface area contributed by atoms with Crippen LogP contribution in [0.5, 0.6) is 0 Å². The summed E-state index contributed by atoms with van der Waals surface area (Å²) in [5, 5.41) is 4.82. The SMILES string of the molecule is Cc1cc2c(NCCCCCCC(C)C)nc(Cl)nc2s1. The molecule has 0 aromatic carbocycles. The van der Waals surface area contributed by atoms with Gasteiger partial charge in [-0.25, -0.2) is 9.97 Å². The largest absolute Gasteiger partial charge is 0.369 e. The van der Waals surface area contributed by atoms with Gasteiger partial charge in [-0.2, -0.15) is 0 Å². The number of rotatable bonds is 8. The van der Waals surface area contributed by atoms with Gasteiger partial charge in [0.15, 0.2) is 0 Å². The summed E-state index contributed by atoms with van der Waals surface area (Å²) in [6.45, 7) is 7.60. The second kappa shape index (κ2) is 7.95. The number of fused-ring (bicyclic) bond motifs is 1. The molecule has 2 rings (SSSR count). The molecule has 0 bridgehead atoms. The van der Waals surface area contributed by atoms with Gasteiger partial charge in [-0.3, -0.25) is 0 Å². The van der Waals surface area contributed by atoms with E-state index in [2.05, 4.69) is 42.1 Å². The predicted molar refractivity (Wildman–Crippen MR) is 93.6 cm³/mol. The van der Waals surface area contributed by atoms with Crippen LogP contribution in [0, 0.1) is 12.8 Å². The summed E-state index contributed by atoms with van der Waals surface area (Å²) in [5.74, 6) is 1.69. The number of anilines is 1. The molecule has 2 aromatic heterocycles. The molecule has 0 unspecified atom stereocenters. The van der Waals surface area contributed by atoms with Crippen molar-refractivity contribution in [1.82, 2.24) is 9.97 Å². The first-order chi connectivity index (χ1) is 10.1. The summed E-state index contributed by atoms with van der Waals surface area (Å²) in [5.41, 5.74) is 0. The molecule has 0 aliphatic heterocycles. The highest BCUT2D eigenvalue weighted by Crippen LogP contribution is 2.29. The Morgan fingerprint density at radius 1 is 1.19 bits per heavy atom. The summed E-state index contributed by atoms with van der Waals surface area (Å²) in [6, 6.07) is 2.13. The molecular weight excluding hydrogens is 302 g/mol. The summed E-state index contributed by atoms with van der Waals surface area (Å²) in [4.78, 5) is 10.8.